The van der Waals surface area contributed by atoms with E-state index in [1.807, 2.05) is 36.0 Å². The molecule has 0 aromatic heterocycles. The lowest BCUT2D eigenvalue weighted by Crippen LogP contribution is -2.01. The summed E-state index contributed by atoms with van der Waals surface area (Å²) in [7, 11) is 0. The van der Waals surface area contributed by atoms with Crippen molar-refractivity contribution in [3.63, 3.8) is 0 Å². The van der Waals surface area contributed by atoms with Gasteiger partial charge in [0.2, 0.25) is 0 Å². The molecule has 16 heavy (non-hydrogen) atoms. The molecule has 0 spiro atoms. The molecular weight excluding hydrogens is 222 g/mol. The standard InChI is InChI=1S/C12H17NO2S/c1-3-16-9-8-15-12-6-4-11(5-7-12)10(2)13-14/h4-7,14H,3,8-9H2,1-2H3/b13-10+. The lowest BCUT2D eigenvalue weighted by molar-refractivity contribution is 0.319. The molecule has 1 N–H and O–H groups in total. The maximum atomic E-state index is 8.61. The fourth-order valence-corrected chi connectivity index (χ4v) is 1.70. The average molecular weight is 239 g/mol. The highest BCUT2D eigenvalue weighted by Gasteiger charge is 1.98. The summed E-state index contributed by atoms with van der Waals surface area (Å²) < 4.78 is 5.55. The van der Waals surface area contributed by atoms with Gasteiger partial charge in [0, 0.05) is 5.75 Å². The van der Waals surface area contributed by atoms with Crippen LogP contribution in [-0.4, -0.2) is 29.0 Å². The second-order valence-corrected chi connectivity index (χ2v) is 4.65. The molecule has 0 aliphatic carbocycles. The predicted octanol–water partition coefficient (Wildman–Crippen LogP) is 3.02. The largest absolute Gasteiger partial charge is 0.493 e. The zero-order valence-corrected chi connectivity index (χ0v) is 10.5. The third kappa shape index (κ3) is 4.14. The molecule has 1 rings (SSSR count). The summed E-state index contributed by atoms with van der Waals surface area (Å²) in [6.07, 6.45) is 0. The van der Waals surface area contributed by atoms with Crippen LogP contribution in [0.15, 0.2) is 29.4 Å². The van der Waals surface area contributed by atoms with Gasteiger partial charge in [0.25, 0.3) is 0 Å². The highest BCUT2D eigenvalue weighted by molar-refractivity contribution is 7.99. The monoisotopic (exact) mass is 239 g/mol. The molecule has 0 saturated carbocycles. The fraction of sp³-hybridized carbons (Fsp3) is 0.417. The van der Waals surface area contributed by atoms with Gasteiger partial charge in [-0.05, 0) is 42.5 Å². The molecule has 3 nitrogen and oxygen atoms in total. The van der Waals surface area contributed by atoms with Gasteiger partial charge in [-0.1, -0.05) is 12.1 Å². The highest BCUT2D eigenvalue weighted by Crippen LogP contribution is 2.13. The van der Waals surface area contributed by atoms with Crippen LogP contribution < -0.4 is 4.74 Å². The predicted molar refractivity (Wildman–Crippen MR) is 68.9 cm³/mol. The zero-order valence-electron chi connectivity index (χ0n) is 9.64. The van der Waals surface area contributed by atoms with E-state index in [0.717, 1.165) is 29.4 Å². The van der Waals surface area contributed by atoms with Crippen molar-refractivity contribution >= 4 is 17.5 Å². The third-order valence-electron chi connectivity index (χ3n) is 2.12. The summed E-state index contributed by atoms with van der Waals surface area (Å²) >= 11 is 1.86. The van der Waals surface area contributed by atoms with Crippen molar-refractivity contribution in [1.82, 2.24) is 0 Å². The molecule has 0 amide bonds. The van der Waals surface area contributed by atoms with Crippen LogP contribution in [0.25, 0.3) is 0 Å². The van der Waals surface area contributed by atoms with Gasteiger partial charge in [0.1, 0.15) is 5.75 Å². The minimum absolute atomic E-state index is 0.605. The van der Waals surface area contributed by atoms with Gasteiger partial charge < -0.3 is 9.94 Å². The van der Waals surface area contributed by atoms with Crippen molar-refractivity contribution in [1.29, 1.82) is 0 Å². The Morgan fingerprint density at radius 1 is 1.38 bits per heavy atom. The Labute approximate surface area is 101 Å². The van der Waals surface area contributed by atoms with Gasteiger partial charge in [-0.25, -0.2) is 0 Å². The number of benzene rings is 1. The molecule has 1 aromatic rings. The van der Waals surface area contributed by atoms with Gasteiger partial charge in [-0.15, -0.1) is 0 Å². The Kier molecular flexibility index (Phi) is 5.78. The van der Waals surface area contributed by atoms with Crippen LogP contribution in [-0.2, 0) is 0 Å². The molecule has 0 heterocycles. The second kappa shape index (κ2) is 7.17. The number of rotatable bonds is 6. The topological polar surface area (TPSA) is 41.8 Å². The highest BCUT2D eigenvalue weighted by atomic mass is 32.2. The summed E-state index contributed by atoms with van der Waals surface area (Å²) in [5.41, 5.74) is 1.51. The Morgan fingerprint density at radius 3 is 2.62 bits per heavy atom. The van der Waals surface area contributed by atoms with Gasteiger partial charge in [-0.2, -0.15) is 11.8 Å². The van der Waals surface area contributed by atoms with Crippen LogP contribution in [0, 0.1) is 0 Å². The molecule has 0 aliphatic rings. The first kappa shape index (κ1) is 12.9. The minimum atomic E-state index is 0.605. The molecule has 88 valence electrons. The zero-order chi connectivity index (χ0) is 11.8. The molecule has 0 aliphatic heterocycles. The van der Waals surface area contributed by atoms with E-state index in [9.17, 15) is 0 Å². The molecule has 4 heteroatoms. The van der Waals surface area contributed by atoms with E-state index in [2.05, 4.69) is 12.1 Å². The third-order valence-corrected chi connectivity index (χ3v) is 2.99. The lowest BCUT2D eigenvalue weighted by atomic mass is 10.1. The Hall–Kier alpha value is -1.16. The number of ether oxygens (including phenoxy) is 1. The number of hydrogen-bond donors (Lipinski definition) is 1. The smallest absolute Gasteiger partial charge is 0.119 e. The molecule has 0 saturated heterocycles. The fourth-order valence-electron chi connectivity index (χ4n) is 1.21. The first-order valence-corrected chi connectivity index (χ1v) is 6.43. The van der Waals surface area contributed by atoms with E-state index in [1.165, 1.54) is 0 Å². The normalized spacial score (nSPS) is 11.5. The van der Waals surface area contributed by atoms with Crippen molar-refractivity contribution < 1.29 is 9.94 Å². The number of nitrogens with zero attached hydrogens (tertiary/aromatic N) is 1. The van der Waals surface area contributed by atoms with E-state index in [0.29, 0.717) is 5.71 Å². The van der Waals surface area contributed by atoms with Crippen LogP contribution in [0.2, 0.25) is 0 Å². The van der Waals surface area contributed by atoms with Crippen molar-refractivity contribution in [3.05, 3.63) is 29.8 Å². The van der Waals surface area contributed by atoms with Crippen molar-refractivity contribution in [2.24, 2.45) is 5.16 Å². The Morgan fingerprint density at radius 2 is 2.06 bits per heavy atom. The molecule has 0 atom stereocenters. The van der Waals surface area contributed by atoms with Gasteiger partial charge in [-0.3, -0.25) is 0 Å². The maximum absolute atomic E-state index is 8.61. The minimum Gasteiger partial charge on any atom is -0.493 e. The number of oxime groups is 1. The molecule has 0 unspecified atom stereocenters. The summed E-state index contributed by atoms with van der Waals surface area (Å²) in [6, 6.07) is 7.55. The van der Waals surface area contributed by atoms with E-state index < -0.39 is 0 Å². The van der Waals surface area contributed by atoms with E-state index >= 15 is 0 Å². The summed E-state index contributed by atoms with van der Waals surface area (Å²) in [5, 5.41) is 11.8. The van der Waals surface area contributed by atoms with Crippen LogP contribution in [0.5, 0.6) is 5.75 Å². The lowest BCUT2D eigenvalue weighted by Gasteiger charge is -2.06. The first-order chi connectivity index (χ1) is 7.77. The van der Waals surface area contributed by atoms with Crippen molar-refractivity contribution in [2.75, 3.05) is 18.1 Å². The van der Waals surface area contributed by atoms with Crippen molar-refractivity contribution in [2.45, 2.75) is 13.8 Å². The van der Waals surface area contributed by atoms with E-state index in [4.69, 9.17) is 9.94 Å². The summed E-state index contributed by atoms with van der Waals surface area (Å²) in [5.74, 6) is 2.98. The number of hydrogen-bond acceptors (Lipinski definition) is 4. The van der Waals surface area contributed by atoms with Gasteiger partial charge >= 0.3 is 0 Å². The van der Waals surface area contributed by atoms with Gasteiger partial charge in [0.15, 0.2) is 0 Å². The number of thioether (sulfide) groups is 1. The summed E-state index contributed by atoms with van der Waals surface area (Å²) in [6.45, 7) is 4.62. The van der Waals surface area contributed by atoms with Crippen LogP contribution in [0.1, 0.15) is 19.4 Å². The molecule has 0 bridgehead atoms. The Bertz CT molecular complexity index is 335. The molecule has 0 radical (unpaired) electrons. The Balaban J connectivity index is 2.45. The van der Waals surface area contributed by atoms with Crippen LogP contribution in [0.3, 0.4) is 0 Å². The van der Waals surface area contributed by atoms with Crippen LogP contribution >= 0.6 is 11.8 Å². The molecular formula is C12H17NO2S. The van der Waals surface area contributed by atoms with Crippen molar-refractivity contribution in [3.8, 4) is 5.75 Å². The van der Waals surface area contributed by atoms with Gasteiger partial charge in [0.05, 0.1) is 12.3 Å². The molecule has 1 aromatic carbocycles. The quantitative estimate of drug-likeness (QED) is 0.359. The maximum Gasteiger partial charge on any atom is 0.119 e. The molecule has 0 fully saturated rings. The average Bonchev–Trinajstić information content (AvgIpc) is 2.34. The van der Waals surface area contributed by atoms with Crippen LogP contribution in [0.4, 0.5) is 0 Å². The SMILES string of the molecule is CCSCCOc1ccc(/C(C)=N/O)cc1. The van der Waals surface area contributed by atoms with E-state index in [1.54, 1.807) is 6.92 Å². The first-order valence-electron chi connectivity index (χ1n) is 5.27. The van der Waals surface area contributed by atoms with E-state index in [-0.39, 0.29) is 0 Å². The second-order valence-electron chi connectivity index (χ2n) is 3.26. The summed E-state index contributed by atoms with van der Waals surface area (Å²) in [4.78, 5) is 0.